The highest BCUT2D eigenvalue weighted by Gasteiger charge is 2.35. The number of fused-ring (bicyclic) bond motifs is 1. The second kappa shape index (κ2) is 2.73. The Labute approximate surface area is 79.3 Å². The lowest BCUT2D eigenvalue weighted by Gasteiger charge is -2.02. The largest absolute Gasteiger partial charge is 0.277 e. The number of hydrogen-bond donors (Lipinski definition) is 0. The van der Waals surface area contributed by atoms with E-state index in [4.69, 9.17) is 0 Å². The molecule has 0 aliphatic carbocycles. The van der Waals surface area contributed by atoms with Gasteiger partial charge in [-0.05, 0) is 17.3 Å². The predicted octanol–water partition coefficient (Wildman–Crippen LogP) is 1.31. The van der Waals surface area contributed by atoms with Gasteiger partial charge in [0.25, 0.3) is 11.8 Å². The minimum Gasteiger partial charge on any atom is -0.277 e. The van der Waals surface area contributed by atoms with Gasteiger partial charge in [-0.25, -0.2) is 0 Å². The minimum absolute atomic E-state index is 0.0187. The van der Waals surface area contributed by atoms with Crippen LogP contribution in [0.2, 0.25) is 0 Å². The third-order valence-corrected chi connectivity index (χ3v) is 2.19. The van der Waals surface area contributed by atoms with E-state index in [1.54, 1.807) is 0 Å². The lowest BCUT2D eigenvalue weighted by molar-refractivity contribution is 0.0693. The fraction of sp³-hybridized carbons (Fsp3) is 0.111. The monoisotopic (exact) mass is 190 g/mol. The van der Waals surface area contributed by atoms with Crippen LogP contribution in [0.1, 0.15) is 20.7 Å². The van der Waals surface area contributed by atoms with Gasteiger partial charge in [0.2, 0.25) is 0 Å². The smallest absolute Gasteiger partial charge is 0.263 e. The van der Waals surface area contributed by atoms with Crippen LogP contribution in [0.3, 0.4) is 0 Å². The number of carbonyl (C=O) groups is 2. The number of nitroso groups, excluding NO2 is 1. The van der Waals surface area contributed by atoms with Crippen molar-refractivity contribution in [2.45, 2.75) is 0 Å². The molecule has 0 radical (unpaired) electrons. The molecule has 0 saturated heterocycles. The summed E-state index contributed by atoms with van der Waals surface area (Å²) < 4.78 is 0. The van der Waals surface area contributed by atoms with E-state index in [1.807, 2.05) is 0 Å². The highest BCUT2D eigenvalue weighted by molar-refractivity contribution is 6.23. The lowest BCUT2D eigenvalue weighted by Crippen LogP contribution is -2.24. The first-order chi connectivity index (χ1) is 6.66. The van der Waals surface area contributed by atoms with E-state index in [9.17, 15) is 14.5 Å². The molecule has 0 N–H and O–H groups in total. The quantitative estimate of drug-likeness (QED) is 0.495. The first-order valence-corrected chi connectivity index (χ1v) is 3.95. The average molecular weight is 190 g/mol. The van der Waals surface area contributed by atoms with Crippen molar-refractivity contribution in [1.29, 1.82) is 0 Å². The summed E-state index contributed by atoms with van der Waals surface area (Å²) in [6.07, 6.45) is 0. The summed E-state index contributed by atoms with van der Waals surface area (Å²) in [6.45, 7) is 0. The second-order valence-corrected chi connectivity index (χ2v) is 2.96. The van der Waals surface area contributed by atoms with Crippen molar-refractivity contribution in [3.8, 4) is 0 Å². The van der Waals surface area contributed by atoms with Crippen LogP contribution in [-0.2, 0) is 0 Å². The van der Waals surface area contributed by atoms with Crippen LogP contribution in [0, 0.1) is 4.91 Å². The van der Waals surface area contributed by atoms with Gasteiger partial charge in [0, 0.05) is 7.05 Å². The zero-order valence-electron chi connectivity index (χ0n) is 7.35. The molecule has 0 bridgehead atoms. The van der Waals surface area contributed by atoms with Gasteiger partial charge in [-0.3, -0.25) is 14.5 Å². The van der Waals surface area contributed by atoms with E-state index < -0.39 is 11.8 Å². The van der Waals surface area contributed by atoms with Gasteiger partial charge in [0.1, 0.15) is 5.69 Å². The summed E-state index contributed by atoms with van der Waals surface area (Å²) in [5.41, 5.74) is 0.370. The van der Waals surface area contributed by atoms with Gasteiger partial charge in [-0.2, -0.15) is 0 Å². The molecule has 2 amide bonds. The lowest BCUT2D eigenvalue weighted by atomic mass is 10.1. The Balaban J connectivity index is 2.75. The number of imide groups is 1. The van der Waals surface area contributed by atoms with Crippen molar-refractivity contribution in [3.63, 3.8) is 0 Å². The van der Waals surface area contributed by atoms with E-state index in [2.05, 4.69) is 5.18 Å². The van der Waals surface area contributed by atoms with Crippen LogP contribution in [-0.4, -0.2) is 23.8 Å². The van der Waals surface area contributed by atoms with Crippen molar-refractivity contribution in [2.24, 2.45) is 5.18 Å². The van der Waals surface area contributed by atoms with Crippen molar-refractivity contribution in [1.82, 2.24) is 4.90 Å². The molecule has 0 unspecified atom stereocenters. The van der Waals surface area contributed by atoms with Crippen molar-refractivity contribution in [2.75, 3.05) is 7.05 Å². The number of carbonyl (C=O) groups excluding carboxylic acids is 2. The average Bonchev–Trinajstić information content (AvgIpc) is 2.44. The van der Waals surface area contributed by atoms with Gasteiger partial charge >= 0.3 is 0 Å². The molecule has 1 aliphatic rings. The number of rotatable bonds is 1. The van der Waals surface area contributed by atoms with E-state index in [-0.39, 0.29) is 16.8 Å². The fourth-order valence-electron chi connectivity index (χ4n) is 1.46. The fourth-order valence-corrected chi connectivity index (χ4v) is 1.46. The number of benzene rings is 1. The molecule has 1 aromatic rings. The summed E-state index contributed by atoms with van der Waals surface area (Å²) in [7, 11) is 1.37. The molecular weight excluding hydrogens is 184 g/mol. The summed E-state index contributed by atoms with van der Waals surface area (Å²) in [6, 6.07) is 4.45. The van der Waals surface area contributed by atoms with Crippen molar-refractivity contribution in [3.05, 3.63) is 34.2 Å². The SMILES string of the molecule is CN1C(=O)c2cccc(N=O)c2C1=O. The van der Waals surface area contributed by atoms with Crippen LogP contribution < -0.4 is 0 Å². The van der Waals surface area contributed by atoms with Crippen molar-refractivity contribution < 1.29 is 9.59 Å². The molecule has 0 atom stereocenters. The number of hydrogen-bond acceptors (Lipinski definition) is 4. The third-order valence-electron chi connectivity index (χ3n) is 2.19. The maximum absolute atomic E-state index is 11.5. The molecule has 5 heteroatoms. The van der Waals surface area contributed by atoms with Crippen LogP contribution in [0.5, 0.6) is 0 Å². The Hall–Kier alpha value is -2.04. The van der Waals surface area contributed by atoms with Crippen molar-refractivity contribution >= 4 is 17.5 Å². The molecule has 0 fully saturated rings. The Morgan fingerprint density at radius 3 is 2.57 bits per heavy atom. The van der Waals surface area contributed by atoms with Crippen LogP contribution >= 0.6 is 0 Å². The molecule has 5 nitrogen and oxygen atoms in total. The van der Waals surface area contributed by atoms with Crippen LogP contribution in [0.25, 0.3) is 0 Å². The molecular formula is C9H6N2O3. The zero-order chi connectivity index (χ0) is 10.3. The van der Waals surface area contributed by atoms with Gasteiger partial charge in [0.15, 0.2) is 0 Å². The van der Waals surface area contributed by atoms with Gasteiger partial charge in [-0.15, -0.1) is 4.91 Å². The minimum atomic E-state index is -0.472. The first-order valence-electron chi connectivity index (χ1n) is 3.95. The van der Waals surface area contributed by atoms with E-state index in [1.165, 1.54) is 25.2 Å². The molecule has 70 valence electrons. The Bertz CT molecular complexity index is 453. The Kier molecular flexibility index (Phi) is 1.67. The van der Waals surface area contributed by atoms with Crippen LogP contribution in [0.15, 0.2) is 23.4 Å². The second-order valence-electron chi connectivity index (χ2n) is 2.96. The van der Waals surface area contributed by atoms with E-state index in [0.29, 0.717) is 0 Å². The highest BCUT2D eigenvalue weighted by atomic mass is 16.3. The predicted molar refractivity (Wildman–Crippen MR) is 48.3 cm³/mol. The van der Waals surface area contributed by atoms with Gasteiger partial charge in [-0.1, -0.05) is 6.07 Å². The first kappa shape index (κ1) is 8.55. The molecule has 2 rings (SSSR count). The standard InChI is InChI=1S/C9H6N2O3/c1-11-8(12)5-3-2-4-6(10-14)7(5)9(11)13/h2-4H,1H3. The maximum Gasteiger partial charge on any atom is 0.263 e. The third kappa shape index (κ3) is 0.891. The van der Waals surface area contributed by atoms with Gasteiger partial charge < -0.3 is 0 Å². The topological polar surface area (TPSA) is 66.8 Å². The zero-order valence-corrected chi connectivity index (χ0v) is 7.35. The summed E-state index contributed by atoms with van der Waals surface area (Å²) in [5.74, 6) is -0.865. The summed E-state index contributed by atoms with van der Waals surface area (Å²) >= 11 is 0. The summed E-state index contributed by atoms with van der Waals surface area (Å²) in [4.78, 5) is 34.3. The molecule has 1 heterocycles. The molecule has 1 aromatic carbocycles. The molecule has 0 aromatic heterocycles. The Morgan fingerprint density at radius 2 is 1.93 bits per heavy atom. The maximum atomic E-state index is 11.5. The molecule has 14 heavy (non-hydrogen) atoms. The number of nitrogens with zero attached hydrogens (tertiary/aromatic N) is 2. The highest BCUT2D eigenvalue weighted by Crippen LogP contribution is 2.29. The normalized spacial score (nSPS) is 14.5. The van der Waals surface area contributed by atoms with E-state index in [0.717, 1.165) is 4.90 Å². The van der Waals surface area contributed by atoms with Gasteiger partial charge in [0.05, 0.1) is 11.1 Å². The summed E-state index contributed by atoms with van der Waals surface area (Å²) in [5, 5.41) is 2.71. The molecule has 0 spiro atoms. The molecule has 0 saturated carbocycles. The molecule has 1 aliphatic heterocycles. The number of amides is 2. The van der Waals surface area contributed by atoms with E-state index >= 15 is 0 Å². The van der Waals surface area contributed by atoms with Crippen LogP contribution in [0.4, 0.5) is 5.69 Å². The Morgan fingerprint density at radius 1 is 1.21 bits per heavy atom.